The lowest BCUT2D eigenvalue weighted by Crippen LogP contribution is -2.14. The molecule has 0 spiro atoms. The van der Waals surface area contributed by atoms with E-state index in [4.69, 9.17) is 27.9 Å². The van der Waals surface area contributed by atoms with Gasteiger partial charge in [-0.3, -0.25) is 4.79 Å². The van der Waals surface area contributed by atoms with E-state index in [0.29, 0.717) is 15.8 Å². The van der Waals surface area contributed by atoms with Crippen LogP contribution >= 0.6 is 34.5 Å². The first-order valence-corrected chi connectivity index (χ1v) is 9.51. The number of hydrogen-bond acceptors (Lipinski definition) is 4. The largest absolute Gasteiger partial charge is 0.484 e. The Labute approximate surface area is 165 Å². The lowest BCUT2D eigenvalue weighted by atomic mass is 10.2. The number of carbonyl (C=O) groups excluding carboxylic acids is 1. The summed E-state index contributed by atoms with van der Waals surface area (Å²) >= 11 is 13.6. The fourth-order valence-electron chi connectivity index (χ4n) is 2.24. The van der Waals surface area contributed by atoms with Crippen LogP contribution in [0.5, 0.6) is 5.75 Å². The Morgan fingerprint density at radius 2 is 1.85 bits per heavy atom. The van der Waals surface area contributed by atoms with Crippen molar-refractivity contribution in [3.63, 3.8) is 0 Å². The summed E-state index contributed by atoms with van der Waals surface area (Å²) in [7, 11) is 0. The predicted molar refractivity (Wildman–Crippen MR) is 106 cm³/mol. The number of aryl methyl sites for hydroxylation is 1. The van der Waals surface area contributed by atoms with Gasteiger partial charge in [-0.1, -0.05) is 47.0 Å². The lowest BCUT2D eigenvalue weighted by molar-refractivity contribution is -0.115. The average molecular weight is 407 g/mol. The van der Waals surface area contributed by atoms with E-state index in [1.165, 1.54) is 11.3 Å². The van der Waals surface area contributed by atoms with Gasteiger partial charge < -0.3 is 10.1 Å². The van der Waals surface area contributed by atoms with E-state index in [1.54, 1.807) is 18.2 Å². The summed E-state index contributed by atoms with van der Waals surface area (Å²) in [5.41, 5.74) is 2.64. The number of amides is 1. The molecule has 0 radical (unpaired) electrons. The quantitative estimate of drug-likeness (QED) is 0.586. The fraction of sp³-hybridized carbons (Fsp3) is 0.158. The molecule has 2 aromatic carbocycles. The van der Waals surface area contributed by atoms with E-state index >= 15 is 0 Å². The van der Waals surface area contributed by atoms with E-state index in [-0.39, 0.29) is 18.9 Å². The van der Waals surface area contributed by atoms with Gasteiger partial charge in [-0.15, -0.1) is 11.3 Å². The molecule has 0 aliphatic rings. The van der Waals surface area contributed by atoms with Crippen molar-refractivity contribution in [1.29, 1.82) is 0 Å². The highest BCUT2D eigenvalue weighted by Gasteiger charge is 2.11. The van der Waals surface area contributed by atoms with Crippen molar-refractivity contribution in [3.8, 4) is 5.75 Å². The fourth-order valence-corrected chi connectivity index (χ4v) is 3.53. The number of para-hydroxylation sites is 1. The summed E-state index contributed by atoms with van der Waals surface area (Å²) in [6.45, 7) is 2.24. The highest BCUT2D eigenvalue weighted by molar-refractivity contribution is 7.09. The summed E-state index contributed by atoms with van der Waals surface area (Å²) in [4.78, 5) is 16.6. The summed E-state index contributed by atoms with van der Waals surface area (Å²) in [6.07, 6.45) is 0.214. The maximum Gasteiger partial charge on any atom is 0.231 e. The minimum atomic E-state index is -0.107. The molecule has 0 saturated heterocycles. The molecule has 1 heterocycles. The lowest BCUT2D eigenvalue weighted by Gasteiger charge is -2.08. The van der Waals surface area contributed by atoms with Gasteiger partial charge in [0.05, 0.1) is 22.2 Å². The Balaban J connectivity index is 1.56. The molecule has 3 aromatic rings. The Morgan fingerprint density at radius 1 is 1.15 bits per heavy atom. The standard InChI is InChI=1S/C19H16Cl2N2O2S/c1-12-5-7-13(8-6-12)22-17(24)9-18-23-14(11-26-18)10-25-19-15(20)3-2-4-16(19)21/h2-8,11H,9-10H2,1H3,(H,22,24). The molecule has 0 unspecified atom stereocenters. The second kappa shape index (κ2) is 8.54. The zero-order chi connectivity index (χ0) is 18.5. The van der Waals surface area contributed by atoms with Crippen LogP contribution in [0.4, 0.5) is 5.69 Å². The molecule has 134 valence electrons. The molecule has 26 heavy (non-hydrogen) atoms. The molecular formula is C19H16Cl2N2O2S. The predicted octanol–water partition coefficient (Wildman–Crippen LogP) is 5.52. The van der Waals surface area contributed by atoms with Crippen LogP contribution in [0.2, 0.25) is 10.0 Å². The number of hydrogen-bond donors (Lipinski definition) is 1. The molecule has 1 aromatic heterocycles. The van der Waals surface area contributed by atoms with Gasteiger partial charge in [0.1, 0.15) is 11.6 Å². The molecular weight excluding hydrogens is 391 g/mol. The molecule has 0 atom stereocenters. The SMILES string of the molecule is Cc1ccc(NC(=O)Cc2nc(COc3c(Cl)cccc3Cl)cs2)cc1. The van der Waals surface area contributed by atoms with Crippen molar-refractivity contribution in [2.75, 3.05) is 5.32 Å². The topological polar surface area (TPSA) is 51.2 Å². The third-order valence-corrected chi connectivity index (χ3v) is 5.02. The number of nitrogens with one attached hydrogen (secondary N) is 1. The molecule has 1 N–H and O–H groups in total. The summed E-state index contributed by atoms with van der Waals surface area (Å²) in [5.74, 6) is 0.326. The zero-order valence-corrected chi connectivity index (χ0v) is 16.3. The normalized spacial score (nSPS) is 10.6. The number of aromatic nitrogens is 1. The van der Waals surface area contributed by atoms with E-state index in [1.807, 2.05) is 36.6 Å². The summed E-state index contributed by atoms with van der Waals surface area (Å²) in [5, 5.41) is 6.34. The van der Waals surface area contributed by atoms with E-state index in [9.17, 15) is 4.79 Å². The van der Waals surface area contributed by atoms with E-state index in [2.05, 4.69) is 10.3 Å². The van der Waals surface area contributed by atoms with Crippen LogP contribution in [0, 0.1) is 6.92 Å². The van der Waals surface area contributed by atoms with Crippen LogP contribution in [0.1, 0.15) is 16.3 Å². The zero-order valence-electron chi connectivity index (χ0n) is 14.0. The van der Waals surface area contributed by atoms with E-state index in [0.717, 1.165) is 22.0 Å². The first-order chi connectivity index (χ1) is 12.5. The van der Waals surface area contributed by atoms with Gasteiger partial charge in [0, 0.05) is 11.1 Å². The third-order valence-electron chi connectivity index (χ3n) is 3.53. The highest BCUT2D eigenvalue weighted by Crippen LogP contribution is 2.33. The molecule has 1 amide bonds. The maximum absolute atomic E-state index is 12.1. The number of ether oxygens (including phenoxy) is 1. The van der Waals surface area contributed by atoms with Crippen LogP contribution in [-0.4, -0.2) is 10.9 Å². The monoisotopic (exact) mass is 406 g/mol. The highest BCUT2D eigenvalue weighted by atomic mass is 35.5. The molecule has 0 bridgehead atoms. The molecule has 0 fully saturated rings. The Bertz CT molecular complexity index is 890. The van der Waals surface area contributed by atoms with Gasteiger partial charge in [-0.05, 0) is 31.2 Å². The third kappa shape index (κ3) is 4.97. The van der Waals surface area contributed by atoms with Crippen molar-refractivity contribution in [1.82, 2.24) is 4.98 Å². The number of halogens is 2. The van der Waals surface area contributed by atoms with Crippen LogP contribution in [-0.2, 0) is 17.8 Å². The molecule has 0 aliphatic heterocycles. The summed E-state index contributed by atoms with van der Waals surface area (Å²) < 4.78 is 5.66. The second-order valence-corrected chi connectivity index (χ2v) is 7.42. The smallest absolute Gasteiger partial charge is 0.231 e. The molecule has 0 saturated carbocycles. The van der Waals surface area contributed by atoms with Crippen LogP contribution < -0.4 is 10.1 Å². The molecule has 3 rings (SSSR count). The van der Waals surface area contributed by atoms with Crippen molar-refractivity contribution in [3.05, 3.63) is 74.2 Å². The van der Waals surface area contributed by atoms with Crippen LogP contribution in [0.15, 0.2) is 47.8 Å². The number of anilines is 1. The minimum Gasteiger partial charge on any atom is -0.484 e. The summed E-state index contributed by atoms with van der Waals surface area (Å²) in [6, 6.07) is 12.8. The van der Waals surface area contributed by atoms with Crippen molar-refractivity contribution in [2.45, 2.75) is 20.0 Å². The van der Waals surface area contributed by atoms with Gasteiger partial charge in [0.25, 0.3) is 0 Å². The Morgan fingerprint density at radius 3 is 2.54 bits per heavy atom. The van der Waals surface area contributed by atoms with Gasteiger partial charge in [-0.25, -0.2) is 4.98 Å². The number of rotatable bonds is 6. The molecule has 7 heteroatoms. The van der Waals surface area contributed by atoms with Gasteiger partial charge in [0.15, 0.2) is 5.75 Å². The average Bonchev–Trinajstić information content (AvgIpc) is 3.04. The maximum atomic E-state index is 12.1. The second-order valence-electron chi connectivity index (χ2n) is 5.66. The van der Waals surface area contributed by atoms with Crippen molar-refractivity contribution < 1.29 is 9.53 Å². The van der Waals surface area contributed by atoms with Crippen molar-refractivity contribution >= 4 is 46.1 Å². The van der Waals surface area contributed by atoms with Gasteiger partial charge >= 0.3 is 0 Å². The minimum absolute atomic E-state index is 0.107. The Hall–Kier alpha value is -2.08. The number of thiazole rings is 1. The first-order valence-electron chi connectivity index (χ1n) is 7.88. The van der Waals surface area contributed by atoms with Crippen LogP contribution in [0.25, 0.3) is 0 Å². The van der Waals surface area contributed by atoms with Crippen LogP contribution in [0.3, 0.4) is 0 Å². The molecule has 4 nitrogen and oxygen atoms in total. The molecule has 0 aliphatic carbocycles. The van der Waals surface area contributed by atoms with Gasteiger partial charge in [-0.2, -0.15) is 0 Å². The first kappa shape index (κ1) is 18.7. The Kier molecular flexibility index (Phi) is 6.14. The number of nitrogens with zero attached hydrogens (tertiary/aromatic N) is 1. The van der Waals surface area contributed by atoms with Crippen molar-refractivity contribution in [2.24, 2.45) is 0 Å². The number of benzene rings is 2. The van der Waals surface area contributed by atoms with E-state index < -0.39 is 0 Å². The van der Waals surface area contributed by atoms with Gasteiger partial charge in [0.2, 0.25) is 5.91 Å². The number of carbonyl (C=O) groups is 1.